The van der Waals surface area contributed by atoms with Gasteiger partial charge in [-0.15, -0.1) is 0 Å². The van der Waals surface area contributed by atoms with Crippen molar-refractivity contribution in [3.05, 3.63) is 71.9 Å². The minimum absolute atomic E-state index is 0.0239. The highest BCUT2D eigenvalue weighted by atomic mass is 16.2. The van der Waals surface area contributed by atoms with E-state index in [0.717, 1.165) is 10.9 Å². The van der Waals surface area contributed by atoms with Gasteiger partial charge in [0.15, 0.2) is 11.9 Å². The molecule has 3 aromatic rings. The number of aromatic nitrogens is 1. The van der Waals surface area contributed by atoms with Crippen molar-refractivity contribution in [2.45, 2.75) is 126 Å². The van der Waals surface area contributed by atoms with Crippen LogP contribution in [0.15, 0.2) is 70.8 Å². The standard InChI is InChI=1S/C50H74N18O10/c1-28(69)62-34(16-8-22-58-48(52)53)42(72)66-37-19-20-40(70)57-21-7-15-33(41(51)71)63-47(77)39(26-30-27-61-32-14-6-5-13-31(30)32)68-44(74)36(17-9-23-59-49(54)55)65-46(76)38(25-29-11-3-2-4-12-29)67-43(73)35(64-45(37)75)18-10-24-60-50(56)78/h2-6,11-14,27,33-39,61H,7-10,15-26H2,1H3,(H2,51,71)(H,57,70)(H,62,69)(H,63,77)(H,64,75)(H,65,76)(H,66,72)(H,67,73)(H,68,74)(H4,52,53,58)(H4,54,55,59)(H3,56,60,78)/t33?,34-,35-,36-,37?,38?,39-/m0/s1. The summed E-state index contributed by atoms with van der Waals surface area (Å²) in [6.45, 7) is 1.24. The van der Waals surface area contributed by atoms with Crippen LogP contribution in [-0.2, 0) is 56.0 Å². The predicted molar refractivity (Wildman–Crippen MR) is 289 cm³/mol. The number of nitrogens with zero attached hydrogens (tertiary/aromatic N) is 2. The van der Waals surface area contributed by atoms with Crippen molar-refractivity contribution in [3.63, 3.8) is 0 Å². The molecule has 2 aromatic carbocycles. The average Bonchev–Trinajstić information content (AvgIpc) is 3.80. The molecule has 11 amide bonds. The van der Waals surface area contributed by atoms with Crippen molar-refractivity contribution in [1.29, 1.82) is 0 Å². The zero-order valence-electron chi connectivity index (χ0n) is 43.6. The Kier molecular flexibility index (Phi) is 25.1. The summed E-state index contributed by atoms with van der Waals surface area (Å²) in [4.78, 5) is 148. The maximum absolute atomic E-state index is 14.7. The van der Waals surface area contributed by atoms with Crippen LogP contribution in [0.25, 0.3) is 10.9 Å². The first kappa shape index (κ1) is 61.6. The molecule has 1 aliphatic heterocycles. The first-order chi connectivity index (χ1) is 37.2. The van der Waals surface area contributed by atoms with Gasteiger partial charge in [0.1, 0.15) is 42.3 Å². The molecule has 0 spiro atoms. The van der Waals surface area contributed by atoms with E-state index < -0.39 is 101 Å². The van der Waals surface area contributed by atoms with Gasteiger partial charge in [-0.2, -0.15) is 0 Å². The van der Waals surface area contributed by atoms with Crippen molar-refractivity contribution >= 4 is 82.0 Å². The Morgan fingerprint density at radius 2 is 1.24 bits per heavy atom. The van der Waals surface area contributed by atoms with Crippen LogP contribution in [0.3, 0.4) is 0 Å². The van der Waals surface area contributed by atoms with Crippen LogP contribution in [-0.4, -0.2) is 145 Å². The number of hydrogen-bond donors (Lipinski definition) is 16. The summed E-state index contributed by atoms with van der Waals surface area (Å²) in [5, 5.41) is 24.5. The van der Waals surface area contributed by atoms with E-state index in [1.807, 2.05) is 18.2 Å². The summed E-state index contributed by atoms with van der Waals surface area (Å²) in [5.41, 5.74) is 35.1. The fourth-order valence-corrected chi connectivity index (χ4v) is 8.45. The predicted octanol–water partition coefficient (Wildman–Crippen LogP) is -3.90. The van der Waals surface area contributed by atoms with Crippen LogP contribution in [0.1, 0.15) is 82.3 Å². The van der Waals surface area contributed by atoms with Crippen molar-refractivity contribution < 1.29 is 47.9 Å². The number of hydrogen-bond acceptors (Lipinski definition) is 12. The maximum Gasteiger partial charge on any atom is 0.312 e. The number of para-hydroxylation sites is 1. The molecule has 22 N–H and O–H groups in total. The number of amides is 11. The summed E-state index contributed by atoms with van der Waals surface area (Å²) in [5.74, 6) is -7.63. The van der Waals surface area contributed by atoms with E-state index in [1.54, 1.807) is 42.6 Å². The Morgan fingerprint density at radius 1 is 0.667 bits per heavy atom. The van der Waals surface area contributed by atoms with Gasteiger partial charge in [-0.05, 0) is 75.0 Å². The van der Waals surface area contributed by atoms with E-state index in [9.17, 15) is 47.9 Å². The number of aliphatic imine (C=N–C) groups is 2. The third-order valence-corrected chi connectivity index (χ3v) is 12.4. The van der Waals surface area contributed by atoms with E-state index in [0.29, 0.717) is 11.1 Å². The number of rotatable bonds is 20. The molecular weight excluding hydrogens is 1010 g/mol. The van der Waals surface area contributed by atoms with Gasteiger partial charge in [0.2, 0.25) is 53.2 Å². The molecule has 28 heteroatoms. The number of nitrogens with two attached hydrogens (primary N) is 6. The lowest BCUT2D eigenvalue weighted by Crippen LogP contribution is -2.60. The first-order valence-electron chi connectivity index (χ1n) is 25.6. The van der Waals surface area contributed by atoms with Crippen LogP contribution >= 0.6 is 0 Å². The number of carbonyl (C=O) groups excluding carboxylic acids is 10. The lowest BCUT2D eigenvalue weighted by Gasteiger charge is -2.28. The molecule has 3 unspecified atom stereocenters. The number of benzene rings is 2. The van der Waals surface area contributed by atoms with Gasteiger partial charge in [0, 0.05) is 69.5 Å². The Labute approximate surface area is 450 Å². The third-order valence-electron chi connectivity index (χ3n) is 12.4. The molecular formula is C50H74N18O10. The molecule has 424 valence electrons. The normalized spacial score (nSPS) is 20.6. The van der Waals surface area contributed by atoms with E-state index >= 15 is 0 Å². The third kappa shape index (κ3) is 21.7. The number of nitrogens with one attached hydrogen (secondary N) is 10. The van der Waals surface area contributed by atoms with Crippen molar-refractivity contribution in [2.24, 2.45) is 44.4 Å². The fourth-order valence-electron chi connectivity index (χ4n) is 8.45. The number of guanidine groups is 2. The molecule has 0 bridgehead atoms. The maximum atomic E-state index is 14.7. The second-order valence-corrected chi connectivity index (χ2v) is 18.6. The van der Waals surface area contributed by atoms with Crippen LogP contribution in [0.2, 0.25) is 0 Å². The monoisotopic (exact) mass is 1090 g/mol. The van der Waals surface area contributed by atoms with Gasteiger partial charge >= 0.3 is 6.03 Å². The summed E-state index contributed by atoms with van der Waals surface area (Å²) in [6, 6.07) is 5.26. The van der Waals surface area contributed by atoms with Crippen molar-refractivity contribution in [3.8, 4) is 0 Å². The highest BCUT2D eigenvalue weighted by Gasteiger charge is 2.35. The highest BCUT2D eigenvalue weighted by molar-refractivity contribution is 5.98. The molecule has 1 aromatic heterocycles. The number of H-pyrrole nitrogens is 1. The SMILES string of the molecule is CC(=O)N[C@@H](CCCN=C(N)N)C(=O)NC1CCC(=O)NCCCC(C(N)=O)NC(=O)[C@H](Cc2c[nH]c3ccccc23)NC(=O)[C@H](CCCN=C(N)N)NC(=O)C(Cc2ccccc2)NC(=O)[C@H](CCCNC(N)=O)NC1=O. The second kappa shape index (κ2) is 31.8. The summed E-state index contributed by atoms with van der Waals surface area (Å²) >= 11 is 0. The number of fused-ring (bicyclic) bond motifs is 1. The average molecular weight is 1090 g/mol. The van der Waals surface area contributed by atoms with Gasteiger partial charge in [-0.3, -0.25) is 53.1 Å². The molecule has 1 aliphatic rings. The van der Waals surface area contributed by atoms with E-state index in [4.69, 9.17) is 34.4 Å². The summed E-state index contributed by atoms with van der Waals surface area (Å²) in [6.07, 6.45) is 0.952. The first-order valence-corrected chi connectivity index (χ1v) is 25.6. The van der Waals surface area contributed by atoms with Gasteiger partial charge < -0.3 is 87.2 Å². The number of aromatic amines is 1. The second-order valence-electron chi connectivity index (χ2n) is 18.6. The molecule has 0 radical (unpaired) electrons. The largest absolute Gasteiger partial charge is 0.370 e. The summed E-state index contributed by atoms with van der Waals surface area (Å²) in [7, 11) is 0. The molecule has 2 heterocycles. The molecule has 78 heavy (non-hydrogen) atoms. The molecule has 0 aliphatic carbocycles. The molecule has 4 rings (SSSR count). The lowest BCUT2D eigenvalue weighted by atomic mass is 10.0. The highest BCUT2D eigenvalue weighted by Crippen LogP contribution is 2.20. The minimum Gasteiger partial charge on any atom is -0.370 e. The van der Waals surface area contributed by atoms with E-state index in [1.165, 1.54) is 6.92 Å². The van der Waals surface area contributed by atoms with Crippen molar-refractivity contribution in [1.82, 2.24) is 52.8 Å². The zero-order chi connectivity index (χ0) is 57.1. The van der Waals surface area contributed by atoms with E-state index in [-0.39, 0.29) is 115 Å². The lowest BCUT2D eigenvalue weighted by molar-refractivity contribution is -0.136. The Hall–Kier alpha value is -8.98. The van der Waals surface area contributed by atoms with Crippen LogP contribution in [0.5, 0.6) is 0 Å². The zero-order valence-corrected chi connectivity index (χ0v) is 43.6. The smallest absolute Gasteiger partial charge is 0.312 e. The fraction of sp³-hybridized carbons (Fsp3) is 0.480. The van der Waals surface area contributed by atoms with Crippen molar-refractivity contribution in [2.75, 3.05) is 26.2 Å². The summed E-state index contributed by atoms with van der Waals surface area (Å²) < 4.78 is 0. The van der Waals surface area contributed by atoms with Gasteiger partial charge in [-0.25, -0.2) is 4.79 Å². The topological polar surface area (TPSA) is 476 Å². The Bertz CT molecular complexity index is 2620. The Morgan fingerprint density at radius 3 is 1.88 bits per heavy atom. The Balaban J connectivity index is 1.80. The molecule has 0 saturated carbocycles. The van der Waals surface area contributed by atoms with Gasteiger partial charge in [0.25, 0.3) is 0 Å². The van der Waals surface area contributed by atoms with Gasteiger partial charge in [0.05, 0.1) is 0 Å². The molecule has 1 saturated heterocycles. The van der Waals surface area contributed by atoms with E-state index in [2.05, 4.69) is 62.8 Å². The quantitative estimate of drug-likeness (QED) is 0.0292. The number of carbonyl (C=O) groups is 10. The number of primary amides is 2. The molecule has 28 nitrogen and oxygen atoms in total. The van der Waals surface area contributed by atoms with Crippen LogP contribution in [0, 0.1) is 0 Å². The van der Waals surface area contributed by atoms with Crippen LogP contribution in [0.4, 0.5) is 4.79 Å². The molecule has 7 atom stereocenters. The minimum atomic E-state index is -1.52. The van der Waals surface area contributed by atoms with Crippen LogP contribution < -0.4 is 82.3 Å². The number of urea groups is 1. The molecule has 1 fully saturated rings. The van der Waals surface area contributed by atoms with Gasteiger partial charge in [-0.1, -0.05) is 48.5 Å².